The van der Waals surface area contributed by atoms with Crippen LogP contribution in [0.1, 0.15) is 26.2 Å². The van der Waals surface area contributed by atoms with Crippen molar-refractivity contribution in [1.82, 2.24) is 5.32 Å². The Kier molecular flexibility index (Phi) is 6.07. The van der Waals surface area contributed by atoms with Gasteiger partial charge in [-0.3, -0.25) is 4.99 Å². The van der Waals surface area contributed by atoms with Crippen LogP contribution in [-0.4, -0.2) is 25.2 Å². The first-order valence-corrected chi connectivity index (χ1v) is 4.56. The summed E-state index contributed by atoms with van der Waals surface area (Å²) in [4.78, 5) is 3.88. The molecule has 0 rings (SSSR count). The standard InChI is InChI=1S/C8H16F3N3/c1-2-5-13-7(12)14-6-3-4-8(9,10)11/h2-6H2,1H3,(H3,12,13,14). The summed E-state index contributed by atoms with van der Waals surface area (Å²) in [6.07, 6.45) is -3.99. The fourth-order valence-corrected chi connectivity index (χ4v) is 0.793. The Morgan fingerprint density at radius 2 is 2.07 bits per heavy atom. The molecule has 0 fully saturated rings. The van der Waals surface area contributed by atoms with Crippen LogP contribution in [0.15, 0.2) is 4.99 Å². The number of hydrogen-bond acceptors (Lipinski definition) is 1. The molecule has 14 heavy (non-hydrogen) atoms. The van der Waals surface area contributed by atoms with Crippen LogP contribution in [-0.2, 0) is 0 Å². The fraction of sp³-hybridized carbons (Fsp3) is 0.875. The van der Waals surface area contributed by atoms with Gasteiger partial charge >= 0.3 is 6.18 Å². The number of hydrogen-bond donors (Lipinski definition) is 2. The highest BCUT2D eigenvalue weighted by molar-refractivity contribution is 5.77. The molecule has 3 N–H and O–H groups in total. The van der Waals surface area contributed by atoms with E-state index in [1.54, 1.807) is 0 Å². The predicted molar refractivity (Wildman–Crippen MR) is 50.1 cm³/mol. The Morgan fingerprint density at radius 1 is 1.43 bits per heavy atom. The van der Waals surface area contributed by atoms with E-state index < -0.39 is 12.6 Å². The lowest BCUT2D eigenvalue weighted by molar-refractivity contribution is -0.135. The number of nitrogens with zero attached hydrogens (tertiary/aromatic N) is 1. The number of alkyl halides is 3. The van der Waals surface area contributed by atoms with E-state index in [9.17, 15) is 13.2 Å². The van der Waals surface area contributed by atoms with E-state index in [2.05, 4.69) is 10.3 Å². The van der Waals surface area contributed by atoms with E-state index >= 15 is 0 Å². The fourth-order valence-electron chi connectivity index (χ4n) is 0.793. The summed E-state index contributed by atoms with van der Waals surface area (Å²) in [5.41, 5.74) is 5.37. The highest BCUT2D eigenvalue weighted by Crippen LogP contribution is 2.20. The molecule has 0 aromatic heterocycles. The molecule has 0 atom stereocenters. The van der Waals surface area contributed by atoms with Crippen molar-refractivity contribution in [3.63, 3.8) is 0 Å². The maximum absolute atomic E-state index is 11.7. The monoisotopic (exact) mass is 211 g/mol. The molecule has 0 aliphatic carbocycles. The first-order chi connectivity index (χ1) is 6.45. The van der Waals surface area contributed by atoms with E-state index in [0.29, 0.717) is 6.54 Å². The number of guanidine groups is 1. The summed E-state index contributed by atoms with van der Waals surface area (Å²) in [5, 5.41) is 2.62. The number of rotatable bonds is 5. The molecule has 0 bridgehead atoms. The van der Waals surface area contributed by atoms with Crippen LogP contribution in [0.3, 0.4) is 0 Å². The molecule has 0 aromatic rings. The van der Waals surface area contributed by atoms with Gasteiger partial charge in [-0.25, -0.2) is 0 Å². The van der Waals surface area contributed by atoms with Crippen LogP contribution in [0.4, 0.5) is 13.2 Å². The lowest BCUT2D eigenvalue weighted by Gasteiger charge is -2.07. The van der Waals surface area contributed by atoms with Crippen LogP contribution < -0.4 is 11.1 Å². The highest BCUT2D eigenvalue weighted by atomic mass is 19.4. The maximum Gasteiger partial charge on any atom is 0.389 e. The van der Waals surface area contributed by atoms with Crippen molar-refractivity contribution in [1.29, 1.82) is 0 Å². The molecule has 84 valence electrons. The summed E-state index contributed by atoms with van der Waals surface area (Å²) >= 11 is 0. The van der Waals surface area contributed by atoms with Gasteiger partial charge in [0.1, 0.15) is 0 Å². The largest absolute Gasteiger partial charge is 0.389 e. The third-order valence-corrected chi connectivity index (χ3v) is 1.45. The lowest BCUT2D eigenvalue weighted by atomic mass is 10.3. The molecule has 0 unspecified atom stereocenters. The molecule has 0 heterocycles. The Hall–Kier alpha value is -0.940. The average molecular weight is 211 g/mol. The van der Waals surface area contributed by atoms with Gasteiger partial charge in [0.2, 0.25) is 0 Å². The molecule has 6 heteroatoms. The number of nitrogens with one attached hydrogen (secondary N) is 1. The summed E-state index contributed by atoms with van der Waals surface area (Å²) in [6.45, 7) is 2.75. The molecule has 3 nitrogen and oxygen atoms in total. The normalized spacial score (nSPS) is 13.0. The van der Waals surface area contributed by atoms with Gasteiger partial charge in [-0.15, -0.1) is 0 Å². The van der Waals surface area contributed by atoms with E-state index in [0.717, 1.165) is 6.42 Å². The van der Waals surface area contributed by atoms with Gasteiger partial charge in [-0.05, 0) is 12.8 Å². The highest BCUT2D eigenvalue weighted by Gasteiger charge is 2.25. The average Bonchev–Trinajstić information content (AvgIpc) is 2.07. The Balaban J connectivity index is 3.45. The molecule has 0 amide bonds. The topological polar surface area (TPSA) is 50.4 Å². The molecule has 0 saturated carbocycles. The number of nitrogens with two attached hydrogens (primary N) is 1. The second-order valence-corrected chi connectivity index (χ2v) is 2.91. The first-order valence-electron chi connectivity index (χ1n) is 4.56. The van der Waals surface area contributed by atoms with Crippen LogP contribution in [0.25, 0.3) is 0 Å². The van der Waals surface area contributed by atoms with Crippen LogP contribution in [0, 0.1) is 0 Å². The van der Waals surface area contributed by atoms with Crippen LogP contribution in [0.2, 0.25) is 0 Å². The first kappa shape index (κ1) is 13.1. The van der Waals surface area contributed by atoms with Crippen molar-refractivity contribution in [2.24, 2.45) is 10.7 Å². The number of halogens is 3. The van der Waals surface area contributed by atoms with E-state index in [1.165, 1.54) is 0 Å². The summed E-state index contributed by atoms with van der Waals surface area (Å²) in [6, 6.07) is 0. The van der Waals surface area contributed by atoms with Crippen LogP contribution >= 0.6 is 0 Å². The van der Waals surface area contributed by atoms with E-state index in [1.807, 2.05) is 6.92 Å². The molecule has 0 radical (unpaired) electrons. The zero-order chi connectivity index (χ0) is 11.0. The smallest absolute Gasteiger partial charge is 0.370 e. The third kappa shape index (κ3) is 9.15. The van der Waals surface area contributed by atoms with Gasteiger partial charge in [0, 0.05) is 19.5 Å². The molecular weight excluding hydrogens is 195 g/mol. The molecule has 0 spiro atoms. The zero-order valence-electron chi connectivity index (χ0n) is 8.19. The SMILES string of the molecule is CCCN=C(N)NCCCC(F)(F)F. The number of aliphatic imine (C=N–C) groups is 1. The minimum atomic E-state index is -4.09. The van der Waals surface area contributed by atoms with Gasteiger partial charge in [-0.2, -0.15) is 13.2 Å². The van der Waals surface area contributed by atoms with Crippen LogP contribution in [0.5, 0.6) is 0 Å². The van der Waals surface area contributed by atoms with Crippen molar-refractivity contribution < 1.29 is 13.2 Å². The molecule has 0 aromatic carbocycles. The van der Waals surface area contributed by atoms with Crippen molar-refractivity contribution >= 4 is 5.96 Å². The Morgan fingerprint density at radius 3 is 2.57 bits per heavy atom. The summed E-state index contributed by atoms with van der Waals surface area (Å²) in [5.74, 6) is 0.217. The summed E-state index contributed by atoms with van der Waals surface area (Å²) in [7, 11) is 0. The summed E-state index contributed by atoms with van der Waals surface area (Å²) < 4.78 is 35.1. The second kappa shape index (κ2) is 6.50. The molecule has 0 saturated heterocycles. The van der Waals surface area contributed by atoms with Gasteiger partial charge < -0.3 is 11.1 Å². The maximum atomic E-state index is 11.7. The lowest BCUT2D eigenvalue weighted by Crippen LogP contribution is -2.33. The van der Waals surface area contributed by atoms with Gasteiger partial charge in [0.25, 0.3) is 0 Å². The molecule has 0 aliphatic rings. The van der Waals surface area contributed by atoms with E-state index in [4.69, 9.17) is 5.73 Å². The third-order valence-electron chi connectivity index (χ3n) is 1.45. The van der Waals surface area contributed by atoms with Gasteiger partial charge in [0.15, 0.2) is 5.96 Å². The van der Waals surface area contributed by atoms with Crippen molar-refractivity contribution in [3.05, 3.63) is 0 Å². The predicted octanol–water partition coefficient (Wildman–Crippen LogP) is 1.64. The van der Waals surface area contributed by atoms with Gasteiger partial charge in [-0.1, -0.05) is 6.92 Å². The molecular formula is C8H16F3N3. The zero-order valence-corrected chi connectivity index (χ0v) is 8.19. The Labute approximate surface area is 81.6 Å². The molecule has 0 aliphatic heterocycles. The van der Waals surface area contributed by atoms with Gasteiger partial charge in [0.05, 0.1) is 0 Å². The minimum absolute atomic E-state index is 0.0197. The Bertz CT molecular complexity index is 177. The van der Waals surface area contributed by atoms with E-state index in [-0.39, 0.29) is 18.9 Å². The second-order valence-electron chi connectivity index (χ2n) is 2.91. The van der Waals surface area contributed by atoms with Crippen molar-refractivity contribution in [3.8, 4) is 0 Å². The van der Waals surface area contributed by atoms with Crippen molar-refractivity contribution in [2.45, 2.75) is 32.4 Å². The minimum Gasteiger partial charge on any atom is -0.370 e. The van der Waals surface area contributed by atoms with Crippen molar-refractivity contribution in [2.75, 3.05) is 13.1 Å². The quantitative estimate of drug-likeness (QED) is 0.412.